The van der Waals surface area contributed by atoms with E-state index in [-0.39, 0.29) is 17.7 Å². The summed E-state index contributed by atoms with van der Waals surface area (Å²) in [7, 11) is 1.48. The van der Waals surface area contributed by atoms with Crippen LogP contribution in [0.4, 0.5) is 5.69 Å². The molecular formula is C12H15NO4. The molecular weight excluding hydrogens is 222 g/mol. The molecule has 0 aromatic heterocycles. The van der Waals surface area contributed by atoms with Crippen molar-refractivity contribution in [3.8, 4) is 5.75 Å². The van der Waals surface area contributed by atoms with Crippen molar-refractivity contribution >= 4 is 5.69 Å². The van der Waals surface area contributed by atoms with E-state index in [1.807, 2.05) is 0 Å². The van der Waals surface area contributed by atoms with Gasteiger partial charge in [0.1, 0.15) is 5.75 Å². The van der Waals surface area contributed by atoms with Crippen molar-refractivity contribution < 1.29 is 14.8 Å². The minimum atomic E-state index is -0.398. The zero-order valence-corrected chi connectivity index (χ0v) is 9.68. The number of hydrogen-bond donors (Lipinski definition) is 1. The van der Waals surface area contributed by atoms with Crippen molar-refractivity contribution in [3.63, 3.8) is 0 Å². The van der Waals surface area contributed by atoms with Crippen LogP contribution < -0.4 is 4.74 Å². The SMILES string of the molecule is COc1ccc(CC2(CO)CC2)c([N+](=O)[O-])c1. The number of methoxy groups -OCH3 is 1. The summed E-state index contributed by atoms with van der Waals surface area (Å²) >= 11 is 0. The second kappa shape index (κ2) is 4.33. The highest BCUT2D eigenvalue weighted by Gasteiger charge is 2.43. The molecule has 0 bridgehead atoms. The molecule has 0 spiro atoms. The summed E-state index contributed by atoms with van der Waals surface area (Å²) < 4.78 is 4.98. The molecule has 1 saturated carbocycles. The summed E-state index contributed by atoms with van der Waals surface area (Å²) in [5, 5.41) is 20.2. The van der Waals surface area contributed by atoms with Crippen molar-refractivity contribution in [2.24, 2.45) is 5.41 Å². The summed E-state index contributed by atoms with van der Waals surface area (Å²) in [6.45, 7) is 0.0934. The second-order valence-corrected chi connectivity index (χ2v) is 4.59. The van der Waals surface area contributed by atoms with Gasteiger partial charge >= 0.3 is 0 Å². The van der Waals surface area contributed by atoms with E-state index in [2.05, 4.69) is 0 Å². The summed E-state index contributed by atoms with van der Waals surface area (Å²) in [5.74, 6) is 0.481. The lowest BCUT2D eigenvalue weighted by Crippen LogP contribution is -2.11. The van der Waals surface area contributed by atoms with E-state index in [0.717, 1.165) is 12.8 Å². The first-order valence-electron chi connectivity index (χ1n) is 5.52. The van der Waals surface area contributed by atoms with E-state index in [4.69, 9.17) is 4.74 Å². The maximum Gasteiger partial charge on any atom is 0.276 e. The Morgan fingerprint density at radius 3 is 2.71 bits per heavy atom. The topological polar surface area (TPSA) is 72.6 Å². The number of ether oxygens (including phenoxy) is 1. The maximum atomic E-state index is 11.0. The number of aliphatic hydroxyl groups is 1. The first-order chi connectivity index (χ1) is 8.10. The van der Waals surface area contributed by atoms with E-state index in [0.29, 0.717) is 17.7 Å². The summed E-state index contributed by atoms with van der Waals surface area (Å²) in [4.78, 5) is 10.6. The molecule has 0 heterocycles. The van der Waals surface area contributed by atoms with Crippen molar-refractivity contribution in [2.75, 3.05) is 13.7 Å². The molecule has 0 atom stereocenters. The summed E-state index contributed by atoms with van der Waals surface area (Å²) in [6, 6.07) is 4.87. The average molecular weight is 237 g/mol. The fraction of sp³-hybridized carbons (Fsp3) is 0.500. The lowest BCUT2D eigenvalue weighted by Gasteiger charge is -2.12. The molecule has 0 unspecified atom stereocenters. The van der Waals surface area contributed by atoms with Crippen LogP contribution in [0.25, 0.3) is 0 Å². The Bertz CT molecular complexity index is 440. The predicted octanol–water partition coefficient (Wildman–Crippen LogP) is 1.92. The third kappa shape index (κ3) is 2.39. The zero-order chi connectivity index (χ0) is 12.5. The maximum absolute atomic E-state index is 11.0. The summed E-state index contributed by atoms with van der Waals surface area (Å²) in [6.07, 6.45) is 2.43. The first kappa shape index (κ1) is 11.9. The Kier molecular flexibility index (Phi) is 3.02. The van der Waals surface area contributed by atoms with Gasteiger partial charge in [-0.15, -0.1) is 0 Å². The van der Waals surface area contributed by atoms with Gasteiger partial charge in [-0.25, -0.2) is 0 Å². The largest absolute Gasteiger partial charge is 0.497 e. The van der Waals surface area contributed by atoms with Gasteiger partial charge in [0.15, 0.2) is 0 Å². The Balaban J connectivity index is 2.29. The number of nitrogens with zero attached hydrogens (tertiary/aromatic N) is 1. The van der Waals surface area contributed by atoms with Crippen LogP contribution in [0, 0.1) is 15.5 Å². The Morgan fingerprint density at radius 2 is 2.24 bits per heavy atom. The monoisotopic (exact) mass is 237 g/mol. The van der Waals surface area contributed by atoms with Crippen LogP contribution in [0.15, 0.2) is 18.2 Å². The van der Waals surface area contributed by atoms with Gasteiger partial charge < -0.3 is 9.84 Å². The lowest BCUT2D eigenvalue weighted by molar-refractivity contribution is -0.385. The smallest absolute Gasteiger partial charge is 0.276 e. The van der Waals surface area contributed by atoms with E-state index in [1.165, 1.54) is 13.2 Å². The zero-order valence-electron chi connectivity index (χ0n) is 9.68. The highest BCUT2D eigenvalue weighted by atomic mass is 16.6. The van der Waals surface area contributed by atoms with Gasteiger partial charge in [0.2, 0.25) is 0 Å². The summed E-state index contributed by atoms with van der Waals surface area (Å²) in [5.41, 5.74) is 0.616. The molecule has 92 valence electrons. The standard InChI is InChI=1S/C12H15NO4/c1-17-10-3-2-9(11(6-10)13(15)16)7-12(8-14)4-5-12/h2-3,6,14H,4-5,7-8H2,1H3. The van der Waals surface area contributed by atoms with E-state index in [9.17, 15) is 15.2 Å². The molecule has 0 amide bonds. The van der Waals surface area contributed by atoms with Crippen molar-refractivity contribution in [2.45, 2.75) is 19.3 Å². The van der Waals surface area contributed by atoms with E-state index in [1.54, 1.807) is 12.1 Å². The minimum absolute atomic E-state index is 0.0732. The van der Waals surface area contributed by atoms with Crippen molar-refractivity contribution in [3.05, 3.63) is 33.9 Å². The lowest BCUT2D eigenvalue weighted by atomic mass is 9.96. The Hall–Kier alpha value is -1.62. The fourth-order valence-electron chi connectivity index (χ4n) is 1.96. The third-order valence-electron chi connectivity index (χ3n) is 3.35. The normalized spacial score (nSPS) is 16.6. The van der Waals surface area contributed by atoms with Gasteiger partial charge in [-0.1, -0.05) is 0 Å². The van der Waals surface area contributed by atoms with Gasteiger partial charge in [0.25, 0.3) is 5.69 Å². The molecule has 1 fully saturated rings. The van der Waals surface area contributed by atoms with Crippen LogP contribution in [0.5, 0.6) is 5.75 Å². The molecule has 1 aromatic rings. The average Bonchev–Trinajstić information content (AvgIpc) is 3.10. The van der Waals surface area contributed by atoms with Crippen LogP contribution in [0.3, 0.4) is 0 Å². The predicted molar refractivity (Wildman–Crippen MR) is 62.1 cm³/mol. The molecule has 5 heteroatoms. The minimum Gasteiger partial charge on any atom is -0.497 e. The molecule has 1 N–H and O–H groups in total. The molecule has 0 aliphatic heterocycles. The van der Waals surface area contributed by atoms with Gasteiger partial charge in [-0.3, -0.25) is 10.1 Å². The molecule has 5 nitrogen and oxygen atoms in total. The van der Waals surface area contributed by atoms with Crippen LogP contribution in [0.2, 0.25) is 0 Å². The molecule has 1 aromatic carbocycles. The van der Waals surface area contributed by atoms with Crippen LogP contribution in [0.1, 0.15) is 18.4 Å². The quantitative estimate of drug-likeness (QED) is 0.627. The number of nitro benzene ring substituents is 1. The Morgan fingerprint density at radius 1 is 1.53 bits per heavy atom. The molecule has 17 heavy (non-hydrogen) atoms. The number of nitro groups is 1. The Labute approximate surface area is 99.2 Å². The third-order valence-corrected chi connectivity index (χ3v) is 3.35. The fourth-order valence-corrected chi connectivity index (χ4v) is 1.96. The highest BCUT2D eigenvalue weighted by molar-refractivity contribution is 5.46. The van der Waals surface area contributed by atoms with Crippen molar-refractivity contribution in [1.82, 2.24) is 0 Å². The molecule has 1 aliphatic carbocycles. The van der Waals surface area contributed by atoms with Crippen LogP contribution in [-0.2, 0) is 6.42 Å². The molecule has 0 radical (unpaired) electrons. The molecule has 0 saturated heterocycles. The van der Waals surface area contributed by atoms with Crippen LogP contribution >= 0.6 is 0 Å². The number of hydrogen-bond acceptors (Lipinski definition) is 4. The van der Waals surface area contributed by atoms with Gasteiger partial charge in [0.05, 0.1) is 18.1 Å². The molecule has 2 rings (SSSR count). The van der Waals surface area contributed by atoms with Gasteiger partial charge in [-0.2, -0.15) is 0 Å². The van der Waals surface area contributed by atoms with Gasteiger partial charge in [0, 0.05) is 12.2 Å². The molecule has 1 aliphatic rings. The first-order valence-corrected chi connectivity index (χ1v) is 5.52. The second-order valence-electron chi connectivity index (χ2n) is 4.59. The highest BCUT2D eigenvalue weighted by Crippen LogP contribution is 2.49. The number of rotatable bonds is 5. The number of benzene rings is 1. The number of aliphatic hydroxyl groups excluding tert-OH is 1. The van der Waals surface area contributed by atoms with E-state index < -0.39 is 4.92 Å². The van der Waals surface area contributed by atoms with E-state index >= 15 is 0 Å². The van der Waals surface area contributed by atoms with Crippen LogP contribution in [-0.4, -0.2) is 23.7 Å². The van der Waals surface area contributed by atoms with Crippen molar-refractivity contribution in [1.29, 1.82) is 0 Å². The van der Waals surface area contributed by atoms with Gasteiger partial charge in [-0.05, 0) is 36.8 Å².